The predicted molar refractivity (Wildman–Crippen MR) is 83.8 cm³/mol. The molecule has 1 aromatic rings. The van der Waals surface area contributed by atoms with Gasteiger partial charge in [0.05, 0.1) is 6.54 Å². The number of rotatable bonds is 9. The van der Waals surface area contributed by atoms with Crippen LogP contribution >= 0.6 is 0 Å². The number of ether oxygens (including phenoxy) is 1. The lowest BCUT2D eigenvalue weighted by molar-refractivity contribution is 0.101. The molecule has 3 heteroatoms. The molecule has 0 aliphatic carbocycles. The van der Waals surface area contributed by atoms with Crippen LogP contribution in [0.3, 0.4) is 0 Å². The van der Waals surface area contributed by atoms with E-state index in [0.29, 0.717) is 6.61 Å². The summed E-state index contributed by atoms with van der Waals surface area (Å²) in [4.78, 5) is 0. The highest BCUT2D eigenvalue weighted by Crippen LogP contribution is 2.16. The Bertz CT molecular complexity index is 377. The summed E-state index contributed by atoms with van der Waals surface area (Å²) in [5.74, 6) is 1.95. The second-order valence-corrected chi connectivity index (χ2v) is 6.54. The molecule has 0 aliphatic heterocycles. The summed E-state index contributed by atoms with van der Waals surface area (Å²) < 4.78 is 11.5. The number of hydrogen-bond donors (Lipinski definition) is 1. The van der Waals surface area contributed by atoms with Crippen molar-refractivity contribution in [3.8, 4) is 0 Å². The van der Waals surface area contributed by atoms with Crippen molar-refractivity contribution >= 4 is 0 Å². The van der Waals surface area contributed by atoms with Gasteiger partial charge in [0, 0.05) is 12.1 Å². The molecule has 0 aromatic carbocycles. The van der Waals surface area contributed by atoms with Crippen molar-refractivity contribution in [1.29, 1.82) is 0 Å². The topological polar surface area (TPSA) is 34.4 Å². The molecule has 116 valence electrons. The van der Waals surface area contributed by atoms with Crippen LogP contribution in [-0.4, -0.2) is 12.1 Å². The van der Waals surface area contributed by atoms with Gasteiger partial charge in [0.15, 0.2) is 0 Å². The lowest BCUT2D eigenvalue weighted by Gasteiger charge is -2.19. The average Bonchev–Trinajstić information content (AvgIpc) is 2.71. The van der Waals surface area contributed by atoms with Crippen LogP contribution < -0.4 is 5.32 Å². The number of unbranched alkanes of at least 4 members (excludes halogenated alkanes) is 3. The minimum absolute atomic E-state index is 0.106. The number of furan rings is 1. The van der Waals surface area contributed by atoms with Gasteiger partial charge in [0.1, 0.15) is 18.1 Å². The first-order valence-corrected chi connectivity index (χ1v) is 7.83. The number of nitrogens with one attached hydrogen (secondary N) is 1. The third kappa shape index (κ3) is 7.11. The molecule has 0 saturated carbocycles. The molecule has 1 heterocycles. The second kappa shape index (κ2) is 8.48. The van der Waals surface area contributed by atoms with Gasteiger partial charge in [0.25, 0.3) is 0 Å². The van der Waals surface area contributed by atoms with E-state index in [0.717, 1.165) is 31.1 Å². The highest BCUT2D eigenvalue weighted by atomic mass is 16.5. The van der Waals surface area contributed by atoms with E-state index < -0.39 is 0 Å². The zero-order chi connectivity index (χ0) is 15.0. The molecule has 0 spiro atoms. The van der Waals surface area contributed by atoms with Gasteiger partial charge in [-0.2, -0.15) is 0 Å². The first kappa shape index (κ1) is 17.3. The highest BCUT2D eigenvalue weighted by Gasteiger charge is 2.12. The molecule has 0 amide bonds. The fourth-order valence-corrected chi connectivity index (χ4v) is 1.99. The zero-order valence-corrected chi connectivity index (χ0v) is 13.8. The molecule has 0 fully saturated rings. The fraction of sp³-hybridized carbons (Fsp3) is 0.765. The Kier molecular flexibility index (Phi) is 7.31. The first-order chi connectivity index (χ1) is 9.42. The molecule has 0 saturated heterocycles. The van der Waals surface area contributed by atoms with Crippen molar-refractivity contribution in [2.75, 3.05) is 6.61 Å². The maximum atomic E-state index is 5.85. The van der Waals surface area contributed by atoms with Crippen molar-refractivity contribution in [2.24, 2.45) is 0 Å². The number of aryl methyl sites for hydroxylation is 1. The Balaban J connectivity index is 2.30. The molecule has 0 radical (unpaired) electrons. The molecule has 1 N–H and O–H groups in total. The molecule has 20 heavy (non-hydrogen) atoms. The summed E-state index contributed by atoms with van der Waals surface area (Å²) in [5, 5.41) is 3.45. The van der Waals surface area contributed by atoms with Gasteiger partial charge in [-0.05, 0) is 45.7 Å². The fourth-order valence-electron chi connectivity index (χ4n) is 1.99. The largest absolute Gasteiger partial charge is 0.462 e. The van der Waals surface area contributed by atoms with E-state index in [1.807, 2.05) is 0 Å². The summed E-state index contributed by atoms with van der Waals surface area (Å²) in [5.41, 5.74) is 1.31. The van der Waals surface area contributed by atoms with Gasteiger partial charge in [-0.1, -0.05) is 26.2 Å². The lowest BCUT2D eigenvalue weighted by atomic mass is 10.1. The van der Waals surface area contributed by atoms with Crippen LogP contribution in [0.1, 0.15) is 70.5 Å². The monoisotopic (exact) mass is 281 g/mol. The standard InChI is InChI=1S/C17H31NO2/c1-6-7-8-9-10-19-13-15-11-14(2)16(20-15)12-18-17(3,4)5/h11,18H,6-10,12-13H2,1-5H3. The van der Waals surface area contributed by atoms with E-state index >= 15 is 0 Å². The molecule has 0 unspecified atom stereocenters. The third-order valence-corrected chi connectivity index (χ3v) is 3.24. The van der Waals surface area contributed by atoms with E-state index in [-0.39, 0.29) is 5.54 Å². The summed E-state index contributed by atoms with van der Waals surface area (Å²) in [7, 11) is 0. The summed E-state index contributed by atoms with van der Waals surface area (Å²) in [6.45, 7) is 13.0. The Labute approximate surface area is 124 Å². The van der Waals surface area contributed by atoms with E-state index in [2.05, 4.69) is 46.0 Å². The molecule has 0 bridgehead atoms. The Hall–Kier alpha value is -0.800. The average molecular weight is 281 g/mol. The Morgan fingerprint density at radius 1 is 1.20 bits per heavy atom. The van der Waals surface area contributed by atoms with Crippen LogP contribution in [0.2, 0.25) is 0 Å². The summed E-state index contributed by atoms with van der Waals surface area (Å²) in [6, 6.07) is 2.09. The predicted octanol–water partition coefficient (Wildman–Crippen LogP) is 4.57. The molecular weight excluding hydrogens is 250 g/mol. The number of hydrogen-bond acceptors (Lipinski definition) is 3. The van der Waals surface area contributed by atoms with Crippen LogP contribution in [0.4, 0.5) is 0 Å². The van der Waals surface area contributed by atoms with Crippen LogP contribution in [0.5, 0.6) is 0 Å². The zero-order valence-electron chi connectivity index (χ0n) is 13.8. The SMILES string of the molecule is CCCCCCOCc1cc(C)c(CNC(C)(C)C)o1. The maximum absolute atomic E-state index is 5.85. The molecule has 3 nitrogen and oxygen atoms in total. The summed E-state index contributed by atoms with van der Waals surface area (Å²) in [6.07, 6.45) is 4.97. The molecule has 0 aliphatic rings. The third-order valence-electron chi connectivity index (χ3n) is 3.24. The quantitative estimate of drug-likeness (QED) is 0.673. The highest BCUT2D eigenvalue weighted by molar-refractivity contribution is 5.19. The Morgan fingerprint density at radius 2 is 1.95 bits per heavy atom. The van der Waals surface area contributed by atoms with Gasteiger partial charge >= 0.3 is 0 Å². The van der Waals surface area contributed by atoms with Gasteiger partial charge in [-0.25, -0.2) is 0 Å². The molecule has 1 rings (SSSR count). The van der Waals surface area contributed by atoms with Crippen LogP contribution in [0.25, 0.3) is 0 Å². The molecule has 0 atom stereocenters. The van der Waals surface area contributed by atoms with Crippen molar-refractivity contribution in [3.05, 3.63) is 23.2 Å². The molecular formula is C17H31NO2. The normalized spacial score (nSPS) is 12.1. The lowest BCUT2D eigenvalue weighted by Crippen LogP contribution is -2.35. The summed E-state index contributed by atoms with van der Waals surface area (Å²) >= 11 is 0. The van der Waals surface area contributed by atoms with Crippen molar-refractivity contribution in [1.82, 2.24) is 5.32 Å². The van der Waals surface area contributed by atoms with Crippen LogP contribution in [0.15, 0.2) is 10.5 Å². The van der Waals surface area contributed by atoms with E-state index in [1.165, 1.54) is 24.8 Å². The van der Waals surface area contributed by atoms with Gasteiger partial charge in [-0.15, -0.1) is 0 Å². The van der Waals surface area contributed by atoms with Crippen molar-refractivity contribution < 1.29 is 9.15 Å². The second-order valence-electron chi connectivity index (χ2n) is 6.54. The Morgan fingerprint density at radius 3 is 2.60 bits per heavy atom. The first-order valence-electron chi connectivity index (χ1n) is 7.83. The van der Waals surface area contributed by atoms with Gasteiger partial charge in [0.2, 0.25) is 0 Å². The van der Waals surface area contributed by atoms with E-state index in [9.17, 15) is 0 Å². The maximum Gasteiger partial charge on any atom is 0.130 e. The minimum Gasteiger partial charge on any atom is -0.462 e. The van der Waals surface area contributed by atoms with E-state index in [4.69, 9.17) is 9.15 Å². The van der Waals surface area contributed by atoms with Gasteiger partial charge in [-0.3, -0.25) is 0 Å². The van der Waals surface area contributed by atoms with Crippen molar-refractivity contribution in [3.63, 3.8) is 0 Å². The smallest absolute Gasteiger partial charge is 0.130 e. The molecule has 1 aromatic heterocycles. The van der Waals surface area contributed by atoms with Crippen LogP contribution in [-0.2, 0) is 17.9 Å². The van der Waals surface area contributed by atoms with Gasteiger partial charge < -0.3 is 14.5 Å². The minimum atomic E-state index is 0.106. The van der Waals surface area contributed by atoms with Crippen LogP contribution in [0, 0.1) is 6.92 Å². The van der Waals surface area contributed by atoms with E-state index in [1.54, 1.807) is 0 Å². The van der Waals surface area contributed by atoms with Crippen molar-refractivity contribution in [2.45, 2.75) is 79.0 Å².